The minimum atomic E-state index is -0.405. The number of aryl methyl sites for hydroxylation is 1. The number of rotatable bonds is 4. The molecule has 0 aliphatic carbocycles. The van der Waals surface area contributed by atoms with Gasteiger partial charge >= 0.3 is 0 Å². The first-order chi connectivity index (χ1) is 15.1. The molecular formula is C23H19ClFN3O3. The summed E-state index contributed by atoms with van der Waals surface area (Å²) < 4.78 is 27.9. The number of pyridine rings is 2. The van der Waals surface area contributed by atoms with Crippen LogP contribution in [0.1, 0.15) is 23.4 Å². The van der Waals surface area contributed by atoms with Crippen LogP contribution in [0.4, 0.5) is 4.39 Å². The summed E-state index contributed by atoms with van der Waals surface area (Å²) in [7, 11) is 0. The van der Waals surface area contributed by atoms with E-state index in [1.165, 1.54) is 12.1 Å². The van der Waals surface area contributed by atoms with Crippen molar-refractivity contribution in [3.63, 3.8) is 0 Å². The summed E-state index contributed by atoms with van der Waals surface area (Å²) in [6.07, 6.45) is 4.64. The van der Waals surface area contributed by atoms with E-state index < -0.39 is 5.82 Å². The predicted molar refractivity (Wildman–Crippen MR) is 115 cm³/mol. The average Bonchev–Trinajstić information content (AvgIpc) is 2.98. The van der Waals surface area contributed by atoms with E-state index in [0.717, 1.165) is 53.6 Å². The Morgan fingerprint density at radius 3 is 2.90 bits per heavy atom. The highest BCUT2D eigenvalue weighted by Crippen LogP contribution is 2.32. The van der Waals surface area contributed by atoms with Crippen molar-refractivity contribution in [2.45, 2.75) is 26.0 Å². The first-order valence-electron chi connectivity index (χ1n) is 9.98. The van der Waals surface area contributed by atoms with Gasteiger partial charge in [0.1, 0.15) is 29.5 Å². The summed E-state index contributed by atoms with van der Waals surface area (Å²) >= 11 is 6.21. The Labute approximate surface area is 182 Å². The number of benzene rings is 1. The van der Waals surface area contributed by atoms with Crippen LogP contribution in [0.2, 0.25) is 0 Å². The molecule has 6 nitrogen and oxygen atoms in total. The van der Waals surface area contributed by atoms with E-state index in [9.17, 15) is 9.18 Å². The third-order valence-electron chi connectivity index (χ3n) is 5.35. The van der Waals surface area contributed by atoms with Gasteiger partial charge in [0, 0.05) is 35.4 Å². The van der Waals surface area contributed by atoms with Crippen molar-refractivity contribution < 1.29 is 13.5 Å². The monoisotopic (exact) mass is 439 g/mol. The highest BCUT2D eigenvalue weighted by molar-refractivity contribution is 6.13. The van der Waals surface area contributed by atoms with Crippen molar-refractivity contribution in [1.82, 2.24) is 14.0 Å². The molecule has 0 N–H and O–H groups in total. The zero-order valence-electron chi connectivity index (χ0n) is 16.6. The van der Waals surface area contributed by atoms with E-state index in [1.807, 2.05) is 18.2 Å². The van der Waals surface area contributed by atoms with Gasteiger partial charge in [-0.25, -0.2) is 8.81 Å². The smallest absolute Gasteiger partial charge is 0.258 e. The summed E-state index contributed by atoms with van der Waals surface area (Å²) in [6.45, 7) is 1.52. The predicted octanol–water partition coefficient (Wildman–Crippen LogP) is 4.60. The molecule has 1 aliphatic rings. The van der Waals surface area contributed by atoms with Gasteiger partial charge in [-0.2, -0.15) is 0 Å². The molecule has 0 saturated carbocycles. The van der Waals surface area contributed by atoms with Crippen LogP contribution in [0.15, 0.2) is 64.1 Å². The number of fused-ring (bicyclic) bond motifs is 3. The van der Waals surface area contributed by atoms with Gasteiger partial charge in [0.2, 0.25) is 0 Å². The Morgan fingerprint density at radius 1 is 1.19 bits per heavy atom. The first kappa shape index (κ1) is 19.8. The van der Waals surface area contributed by atoms with E-state index in [-0.39, 0.29) is 12.2 Å². The lowest BCUT2D eigenvalue weighted by Crippen LogP contribution is -2.16. The molecule has 5 rings (SSSR count). The van der Waals surface area contributed by atoms with Gasteiger partial charge in [-0.05, 0) is 61.0 Å². The van der Waals surface area contributed by atoms with Crippen LogP contribution in [0.3, 0.4) is 0 Å². The third-order valence-corrected chi connectivity index (χ3v) is 5.63. The van der Waals surface area contributed by atoms with Gasteiger partial charge in [-0.1, -0.05) is 0 Å². The minimum absolute atomic E-state index is 0.147. The van der Waals surface area contributed by atoms with Gasteiger partial charge in [0.05, 0.1) is 18.4 Å². The molecule has 0 fully saturated rings. The molecule has 0 amide bonds. The molecule has 0 bridgehead atoms. The number of nitrogens with zero attached hydrogens (tertiary/aromatic N) is 3. The quantitative estimate of drug-likeness (QED) is 0.435. The largest absolute Gasteiger partial charge is 0.487 e. The molecule has 1 aliphatic heterocycles. The normalized spacial score (nSPS) is 14.4. The second-order valence-corrected chi connectivity index (χ2v) is 7.94. The second-order valence-electron chi connectivity index (χ2n) is 7.46. The van der Waals surface area contributed by atoms with Gasteiger partial charge in [0.25, 0.3) is 5.56 Å². The Morgan fingerprint density at radius 2 is 2.10 bits per heavy atom. The molecule has 0 radical (unpaired) electrons. The number of ether oxygens (including phenoxy) is 1. The number of halogens is 2. The number of aromatic nitrogens is 2. The molecule has 8 heteroatoms. The fourth-order valence-electron chi connectivity index (χ4n) is 3.81. The summed E-state index contributed by atoms with van der Waals surface area (Å²) in [5.41, 5.74) is 3.05. The van der Waals surface area contributed by atoms with Gasteiger partial charge in [-0.3, -0.25) is 14.3 Å². The van der Waals surface area contributed by atoms with E-state index in [4.69, 9.17) is 20.9 Å². The Balaban J connectivity index is 1.41. The highest BCUT2D eigenvalue weighted by atomic mass is 35.5. The highest BCUT2D eigenvalue weighted by Gasteiger charge is 2.20. The summed E-state index contributed by atoms with van der Waals surface area (Å²) in [4.78, 5) is 16.7. The van der Waals surface area contributed by atoms with Crippen LogP contribution >= 0.6 is 11.8 Å². The van der Waals surface area contributed by atoms with Crippen LogP contribution < -0.4 is 10.3 Å². The van der Waals surface area contributed by atoms with Crippen molar-refractivity contribution >= 4 is 22.7 Å². The van der Waals surface area contributed by atoms with E-state index in [2.05, 4.69) is 4.98 Å². The van der Waals surface area contributed by atoms with E-state index >= 15 is 0 Å². The molecule has 0 atom stereocenters. The zero-order chi connectivity index (χ0) is 21.4. The summed E-state index contributed by atoms with van der Waals surface area (Å²) in [5, 5.41) is 1.01. The topological polar surface area (TPSA) is 60.5 Å². The number of hydrogen-bond donors (Lipinski definition) is 0. The third kappa shape index (κ3) is 4.06. The fourth-order valence-corrected chi connectivity index (χ4v) is 4.04. The van der Waals surface area contributed by atoms with Crippen molar-refractivity contribution in [3.8, 4) is 11.4 Å². The SMILES string of the molecule is O=c1cc(OCc2ccc(F)cn2)ccn1-c1ccc2oc3c(c2c1)CCCN(Cl)C3. The van der Waals surface area contributed by atoms with Crippen LogP contribution in [0.25, 0.3) is 16.7 Å². The van der Waals surface area contributed by atoms with Crippen molar-refractivity contribution in [2.24, 2.45) is 0 Å². The number of furan rings is 1. The lowest BCUT2D eigenvalue weighted by atomic mass is 10.1. The van der Waals surface area contributed by atoms with Gasteiger partial charge in [0.15, 0.2) is 0 Å². The minimum Gasteiger partial charge on any atom is -0.487 e. The van der Waals surface area contributed by atoms with Crippen LogP contribution in [-0.2, 0) is 19.6 Å². The number of hydrogen-bond acceptors (Lipinski definition) is 5. The van der Waals surface area contributed by atoms with Crippen molar-refractivity contribution in [1.29, 1.82) is 0 Å². The van der Waals surface area contributed by atoms with Crippen molar-refractivity contribution in [2.75, 3.05) is 6.54 Å². The Kier molecular flexibility index (Phi) is 5.21. The Bertz CT molecular complexity index is 1300. The molecule has 3 aromatic heterocycles. The molecular weight excluding hydrogens is 421 g/mol. The second kappa shape index (κ2) is 8.17. The van der Waals surface area contributed by atoms with Crippen LogP contribution in [0, 0.1) is 5.82 Å². The molecule has 158 valence electrons. The zero-order valence-corrected chi connectivity index (χ0v) is 17.3. The fraction of sp³-hybridized carbons (Fsp3) is 0.217. The molecule has 0 saturated heterocycles. The molecule has 0 spiro atoms. The van der Waals surface area contributed by atoms with Crippen molar-refractivity contribution in [3.05, 3.63) is 88.0 Å². The summed E-state index contributed by atoms with van der Waals surface area (Å²) in [6, 6.07) is 11.7. The molecule has 1 aromatic carbocycles. The molecule has 4 heterocycles. The first-order valence-corrected chi connectivity index (χ1v) is 10.3. The average molecular weight is 440 g/mol. The standard InChI is InChI=1S/C23H19ClFN3O3/c24-27-8-1-2-19-20-10-17(5-6-21(20)31-22(19)13-27)28-9-7-18(11-23(28)29)30-14-16-4-3-15(25)12-26-16/h3-7,9-12H,1-2,8,13-14H2. The molecule has 31 heavy (non-hydrogen) atoms. The molecule has 4 aromatic rings. The van der Waals surface area contributed by atoms with Crippen LogP contribution in [-0.4, -0.2) is 20.5 Å². The van der Waals surface area contributed by atoms with Gasteiger partial charge in [-0.15, -0.1) is 0 Å². The van der Waals surface area contributed by atoms with E-state index in [0.29, 0.717) is 18.0 Å². The lowest BCUT2D eigenvalue weighted by Gasteiger charge is -2.09. The lowest BCUT2D eigenvalue weighted by molar-refractivity contribution is 0.300. The van der Waals surface area contributed by atoms with E-state index in [1.54, 1.807) is 27.3 Å². The van der Waals surface area contributed by atoms with Gasteiger partial charge < -0.3 is 9.15 Å². The molecule has 0 unspecified atom stereocenters. The van der Waals surface area contributed by atoms with Crippen LogP contribution in [0.5, 0.6) is 5.75 Å². The Hall–Kier alpha value is -3.16. The summed E-state index contributed by atoms with van der Waals surface area (Å²) in [5.74, 6) is 0.899. The maximum Gasteiger partial charge on any atom is 0.258 e. The maximum atomic E-state index is 13.0. The maximum absolute atomic E-state index is 13.0.